The van der Waals surface area contributed by atoms with Crippen LogP contribution in [0.3, 0.4) is 0 Å². The molecule has 0 saturated heterocycles. The zero-order chi connectivity index (χ0) is 8.27. The smallest absolute Gasteiger partial charge is 0.140 e. The van der Waals surface area contributed by atoms with E-state index < -0.39 is 6.17 Å². The lowest BCUT2D eigenvalue weighted by atomic mass is 10.1. The van der Waals surface area contributed by atoms with Crippen LogP contribution in [0, 0.1) is 0 Å². The molecular formula is C10H13F. The van der Waals surface area contributed by atoms with E-state index in [4.69, 9.17) is 0 Å². The molecular weight excluding hydrogens is 139 g/mol. The first-order chi connectivity index (χ1) is 5.24. The highest BCUT2D eigenvalue weighted by atomic mass is 19.1. The third-order valence-corrected chi connectivity index (χ3v) is 1.85. The van der Waals surface area contributed by atoms with Gasteiger partial charge >= 0.3 is 0 Å². The lowest BCUT2D eigenvalue weighted by Crippen LogP contribution is -1.95. The van der Waals surface area contributed by atoms with Crippen molar-refractivity contribution >= 4 is 0 Å². The molecule has 0 spiro atoms. The van der Waals surface area contributed by atoms with Crippen LogP contribution in [0.15, 0.2) is 35.5 Å². The molecule has 0 heterocycles. The number of hydrogen-bond acceptors (Lipinski definition) is 0. The largest absolute Gasteiger partial charge is 0.238 e. The number of hydrogen-bond donors (Lipinski definition) is 0. The Hall–Kier alpha value is -0.850. The second-order valence-corrected chi connectivity index (χ2v) is 2.77. The summed E-state index contributed by atoms with van der Waals surface area (Å²) < 4.78 is 13.0. The fourth-order valence-electron chi connectivity index (χ4n) is 1.07. The standard InChI is InChI=1S/C10H13F/c1-3-9-5-4-6-10(11)8(2)7-9/h4-7,10H,3H2,1-2H3. The topological polar surface area (TPSA) is 0 Å². The summed E-state index contributed by atoms with van der Waals surface area (Å²) >= 11 is 0. The molecule has 0 N–H and O–H groups in total. The lowest BCUT2D eigenvalue weighted by Gasteiger charge is -2.00. The highest BCUT2D eigenvalue weighted by Gasteiger charge is 2.05. The Labute approximate surface area is 67.1 Å². The van der Waals surface area contributed by atoms with Gasteiger partial charge in [0.25, 0.3) is 0 Å². The number of rotatable bonds is 1. The molecule has 1 rings (SSSR count). The second kappa shape index (κ2) is 3.51. The quantitative estimate of drug-likeness (QED) is 0.541. The van der Waals surface area contributed by atoms with Crippen molar-refractivity contribution in [2.24, 2.45) is 0 Å². The van der Waals surface area contributed by atoms with E-state index in [0.717, 1.165) is 12.0 Å². The molecule has 0 aromatic rings. The average Bonchev–Trinajstić information content (AvgIpc) is 2.15. The van der Waals surface area contributed by atoms with Crippen LogP contribution in [0.25, 0.3) is 0 Å². The molecule has 0 aromatic carbocycles. The van der Waals surface area contributed by atoms with Crippen LogP contribution < -0.4 is 0 Å². The minimum atomic E-state index is -0.893. The van der Waals surface area contributed by atoms with Gasteiger partial charge in [0, 0.05) is 0 Å². The summed E-state index contributed by atoms with van der Waals surface area (Å²) in [4.78, 5) is 0. The third-order valence-electron chi connectivity index (χ3n) is 1.85. The molecule has 0 fully saturated rings. The Bertz CT molecular complexity index is 221. The van der Waals surface area contributed by atoms with Crippen LogP contribution in [0.4, 0.5) is 4.39 Å². The maximum Gasteiger partial charge on any atom is 0.140 e. The van der Waals surface area contributed by atoms with Crippen molar-refractivity contribution in [3.63, 3.8) is 0 Å². The van der Waals surface area contributed by atoms with Crippen molar-refractivity contribution < 1.29 is 4.39 Å². The molecule has 1 atom stereocenters. The molecule has 0 aromatic heterocycles. The highest BCUT2D eigenvalue weighted by Crippen LogP contribution is 2.16. The van der Waals surface area contributed by atoms with Crippen molar-refractivity contribution in [2.45, 2.75) is 26.4 Å². The minimum Gasteiger partial charge on any atom is -0.238 e. The molecule has 0 nitrogen and oxygen atoms in total. The summed E-state index contributed by atoms with van der Waals surface area (Å²) in [6, 6.07) is 0. The SMILES string of the molecule is CCC1=CC=CC(F)C(C)=C1. The van der Waals surface area contributed by atoms with Gasteiger partial charge in [0.1, 0.15) is 6.17 Å². The first-order valence-electron chi connectivity index (χ1n) is 3.93. The third kappa shape index (κ3) is 2.04. The van der Waals surface area contributed by atoms with E-state index in [9.17, 15) is 4.39 Å². The van der Waals surface area contributed by atoms with Gasteiger partial charge in [0.05, 0.1) is 0 Å². The highest BCUT2D eigenvalue weighted by molar-refractivity contribution is 5.33. The van der Waals surface area contributed by atoms with Crippen LogP contribution in [0.1, 0.15) is 20.3 Å². The van der Waals surface area contributed by atoms with Crippen molar-refractivity contribution in [1.29, 1.82) is 0 Å². The van der Waals surface area contributed by atoms with Crippen LogP contribution in [-0.4, -0.2) is 6.17 Å². The van der Waals surface area contributed by atoms with Crippen molar-refractivity contribution in [3.8, 4) is 0 Å². The van der Waals surface area contributed by atoms with Gasteiger partial charge < -0.3 is 0 Å². The summed E-state index contributed by atoms with van der Waals surface area (Å²) in [6.45, 7) is 3.89. The molecule has 0 radical (unpaired) electrons. The van der Waals surface area contributed by atoms with Gasteiger partial charge in [-0.2, -0.15) is 0 Å². The van der Waals surface area contributed by atoms with Gasteiger partial charge in [-0.25, -0.2) is 4.39 Å². The van der Waals surface area contributed by atoms with Crippen LogP contribution in [0.5, 0.6) is 0 Å². The number of allylic oxidation sites excluding steroid dienone is 6. The summed E-state index contributed by atoms with van der Waals surface area (Å²) in [6.07, 6.45) is 7.32. The maximum atomic E-state index is 13.0. The van der Waals surface area contributed by atoms with Crippen molar-refractivity contribution in [2.75, 3.05) is 0 Å². The molecule has 0 bridgehead atoms. The van der Waals surface area contributed by atoms with Crippen molar-refractivity contribution in [1.82, 2.24) is 0 Å². The first-order valence-corrected chi connectivity index (χ1v) is 3.93. The fourth-order valence-corrected chi connectivity index (χ4v) is 1.07. The van der Waals surface area contributed by atoms with Crippen LogP contribution in [0.2, 0.25) is 0 Å². The lowest BCUT2D eigenvalue weighted by molar-refractivity contribution is 0.450. The predicted molar refractivity (Wildman–Crippen MR) is 46.2 cm³/mol. The van der Waals surface area contributed by atoms with E-state index in [1.165, 1.54) is 5.57 Å². The van der Waals surface area contributed by atoms with Crippen molar-refractivity contribution in [3.05, 3.63) is 35.5 Å². The Balaban J connectivity index is 2.87. The van der Waals surface area contributed by atoms with Gasteiger partial charge in [-0.3, -0.25) is 0 Å². The Kier molecular flexibility index (Phi) is 2.64. The summed E-state index contributed by atoms with van der Waals surface area (Å²) in [5.41, 5.74) is 1.99. The molecule has 60 valence electrons. The summed E-state index contributed by atoms with van der Waals surface area (Å²) in [5, 5.41) is 0. The number of halogens is 1. The molecule has 11 heavy (non-hydrogen) atoms. The fraction of sp³-hybridized carbons (Fsp3) is 0.400. The first kappa shape index (κ1) is 8.25. The number of alkyl halides is 1. The average molecular weight is 152 g/mol. The predicted octanol–water partition coefficient (Wildman–Crippen LogP) is 3.18. The molecule has 0 saturated carbocycles. The van der Waals surface area contributed by atoms with E-state index in [1.54, 1.807) is 12.2 Å². The monoisotopic (exact) mass is 152 g/mol. The van der Waals surface area contributed by atoms with E-state index in [2.05, 4.69) is 6.92 Å². The molecule has 0 aliphatic heterocycles. The van der Waals surface area contributed by atoms with Crippen LogP contribution in [-0.2, 0) is 0 Å². The zero-order valence-corrected chi connectivity index (χ0v) is 6.97. The van der Waals surface area contributed by atoms with Gasteiger partial charge in [-0.1, -0.05) is 25.2 Å². The summed E-state index contributed by atoms with van der Waals surface area (Å²) in [7, 11) is 0. The van der Waals surface area contributed by atoms with Gasteiger partial charge in [-0.05, 0) is 30.6 Å². The van der Waals surface area contributed by atoms with Crippen LogP contribution >= 0.6 is 0 Å². The zero-order valence-electron chi connectivity index (χ0n) is 6.97. The normalized spacial score (nSPS) is 24.1. The van der Waals surface area contributed by atoms with Gasteiger partial charge in [-0.15, -0.1) is 0 Å². The van der Waals surface area contributed by atoms with E-state index >= 15 is 0 Å². The molecule has 1 aliphatic rings. The summed E-state index contributed by atoms with van der Waals surface area (Å²) in [5.74, 6) is 0. The van der Waals surface area contributed by atoms with E-state index in [1.807, 2.05) is 19.1 Å². The molecule has 1 aliphatic carbocycles. The minimum absolute atomic E-state index is 0.798. The van der Waals surface area contributed by atoms with Gasteiger partial charge in [0.15, 0.2) is 0 Å². The Morgan fingerprint density at radius 3 is 2.91 bits per heavy atom. The second-order valence-electron chi connectivity index (χ2n) is 2.77. The van der Waals surface area contributed by atoms with Gasteiger partial charge in [0.2, 0.25) is 0 Å². The maximum absolute atomic E-state index is 13.0. The Morgan fingerprint density at radius 2 is 2.27 bits per heavy atom. The molecule has 0 amide bonds. The van der Waals surface area contributed by atoms with E-state index in [0.29, 0.717) is 0 Å². The Morgan fingerprint density at radius 1 is 1.55 bits per heavy atom. The molecule has 1 heteroatoms. The van der Waals surface area contributed by atoms with E-state index in [-0.39, 0.29) is 0 Å². The molecule has 1 unspecified atom stereocenters.